The van der Waals surface area contributed by atoms with Crippen LogP contribution >= 0.6 is 30.8 Å². The van der Waals surface area contributed by atoms with Gasteiger partial charge in [-0.25, -0.2) is 12.2 Å². The van der Waals surface area contributed by atoms with Crippen molar-refractivity contribution in [3.8, 4) is 0 Å². The van der Waals surface area contributed by atoms with E-state index in [-0.39, 0.29) is 0 Å². The number of rotatable bonds is 5. The Labute approximate surface area is 109 Å². The Bertz CT molecular complexity index is 393. The molecular formula is C6H8IO9P. The molecule has 0 aromatic carbocycles. The Kier molecular flexibility index (Phi) is 4.75. The van der Waals surface area contributed by atoms with Crippen LogP contribution < -0.4 is 0 Å². The van der Waals surface area contributed by atoms with Crippen LogP contribution in [-0.4, -0.2) is 45.0 Å². The molecule has 3 atom stereocenters. The summed E-state index contributed by atoms with van der Waals surface area (Å²) < 4.78 is 23.7. The van der Waals surface area contributed by atoms with Gasteiger partial charge in [-0.15, -0.1) is 0 Å². The maximum absolute atomic E-state index is 11.2. The largest absolute Gasteiger partial charge is 0.537 e. The number of aliphatic hydroxyl groups is 3. The van der Waals surface area contributed by atoms with E-state index in [1.54, 1.807) is 0 Å². The first-order chi connectivity index (χ1) is 7.82. The molecule has 1 rings (SSSR count). The number of hydrogen-bond acceptors (Lipinski definition) is 8. The highest BCUT2D eigenvalue weighted by atomic mass is 127. The molecule has 0 amide bonds. The summed E-state index contributed by atoms with van der Waals surface area (Å²) in [6.07, 6.45) is -3.12. The molecule has 4 N–H and O–H groups in total. The van der Waals surface area contributed by atoms with Crippen molar-refractivity contribution in [2.45, 2.75) is 12.2 Å². The van der Waals surface area contributed by atoms with Crippen molar-refractivity contribution in [2.75, 3.05) is 6.61 Å². The van der Waals surface area contributed by atoms with E-state index in [2.05, 4.69) is 12.1 Å². The molecule has 0 saturated carbocycles. The Hall–Kier alpha value is -0.390. The summed E-state index contributed by atoms with van der Waals surface area (Å²) in [5.41, 5.74) is 0. The molecule has 0 aromatic rings. The molecule has 0 aliphatic carbocycles. The normalized spacial score (nSPS) is 25.4. The summed E-state index contributed by atoms with van der Waals surface area (Å²) in [6.45, 7) is -0.783. The minimum absolute atomic E-state index is 0.783. The summed E-state index contributed by atoms with van der Waals surface area (Å²) in [7, 11) is -4.54. The summed E-state index contributed by atoms with van der Waals surface area (Å²) >= 11 is 1.07. The number of phosphoric ester groups is 1. The van der Waals surface area contributed by atoms with Gasteiger partial charge in [0.2, 0.25) is 0 Å². The zero-order chi connectivity index (χ0) is 13.2. The molecule has 0 aromatic heterocycles. The summed E-state index contributed by atoms with van der Waals surface area (Å²) in [4.78, 5) is 20.1. The minimum Gasteiger partial charge on any atom is -0.505 e. The fourth-order valence-corrected chi connectivity index (χ4v) is 1.70. The Morgan fingerprint density at radius 1 is 1.59 bits per heavy atom. The van der Waals surface area contributed by atoms with Crippen molar-refractivity contribution < 1.29 is 41.7 Å². The number of phosphoric acid groups is 1. The SMILES string of the molecule is O=C1OC(C(O)CO)C(O)=C1OP(=O)(O)OI. The molecule has 0 spiro atoms. The number of cyclic esters (lactones) is 1. The van der Waals surface area contributed by atoms with Gasteiger partial charge in [-0.05, 0) is 0 Å². The molecule has 0 bridgehead atoms. The van der Waals surface area contributed by atoms with Gasteiger partial charge in [0.15, 0.2) is 11.9 Å². The van der Waals surface area contributed by atoms with Gasteiger partial charge in [-0.3, -0.25) is 4.89 Å². The molecule has 3 unspecified atom stereocenters. The highest BCUT2D eigenvalue weighted by molar-refractivity contribution is 14.1. The van der Waals surface area contributed by atoms with Crippen LogP contribution in [0.3, 0.4) is 0 Å². The first kappa shape index (κ1) is 14.7. The second kappa shape index (κ2) is 5.50. The average molecular weight is 382 g/mol. The van der Waals surface area contributed by atoms with Crippen LogP contribution in [0.15, 0.2) is 11.5 Å². The lowest BCUT2D eigenvalue weighted by atomic mass is 10.2. The lowest BCUT2D eigenvalue weighted by Crippen LogP contribution is -2.31. The van der Waals surface area contributed by atoms with E-state index in [0.29, 0.717) is 0 Å². The van der Waals surface area contributed by atoms with Crippen molar-refractivity contribution in [1.29, 1.82) is 0 Å². The monoisotopic (exact) mass is 382 g/mol. The van der Waals surface area contributed by atoms with Crippen molar-refractivity contribution in [3.63, 3.8) is 0 Å². The first-order valence-electron chi connectivity index (χ1n) is 4.08. The van der Waals surface area contributed by atoms with Gasteiger partial charge < -0.3 is 24.6 Å². The highest BCUT2D eigenvalue weighted by Gasteiger charge is 2.43. The molecule has 0 saturated heterocycles. The first-order valence-corrected chi connectivity index (χ1v) is 6.45. The zero-order valence-electron chi connectivity index (χ0n) is 8.02. The number of ether oxygens (including phenoxy) is 1. The van der Waals surface area contributed by atoms with Crippen LogP contribution in [0.2, 0.25) is 0 Å². The van der Waals surface area contributed by atoms with E-state index in [4.69, 9.17) is 10.00 Å². The predicted octanol–water partition coefficient (Wildman–Crippen LogP) is -0.482. The van der Waals surface area contributed by atoms with Crippen LogP contribution in [0.4, 0.5) is 0 Å². The van der Waals surface area contributed by atoms with E-state index < -0.39 is 44.1 Å². The third-order valence-corrected chi connectivity index (χ3v) is 3.83. The number of hydrogen-bond donors (Lipinski definition) is 4. The molecule has 1 heterocycles. The summed E-state index contributed by atoms with van der Waals surface area (Å²) in [5.74, 6) is -3.08. The van der Waals surface area contributed by atoms with Gasteiger partial charge in [0.05, 0.1) is 6.61 Å². The number of aliphatic hydroxyl groups excluding tert-OH is 3. The topological polar surface area (TPSA) is 143 Å². The van der Waals surface area contributed by atoms with Crippen molar-refractivity contribution >= 4 is 36.8 Å². The molecule has 1 aliphatic heterocycles. The fourth-order valence-electron chi connectivity index (χ4n) is 1.03. The molecule has 11 heteroatoms. The van der Waals surface area contributed by atoms with E-state index in [0.717, 1.165) is 23.0 Å². The molecule has 1 aliphatic rings. The van der Waals surface area contributed by atoms with Crippen LogP contribution in [0.5, 0.6) is 0 Å². The van der Waals surface area contributed by atoms with Crippen molar-refractivity contribution in [1.82, 2.24) is 0 Å². The third-order valence-electron chi connectivity index (χ3n) is 1.75. The Balaban J connectivity index is 2.94. The van der Waals surface area contributed by atoms with E-state index in [1.165, 1.54) is 0 Å². The molecule has 0 radical (unpaired) electrons. The average Bonchev–Trinajstić information content (AvgIpc) is 2.56. The van der Waals surface area contributed by atoms with Gasteiger partial charge in [0.1, 0.15) is 29.1 Å². The van der Waals surface area contributed by atoms with Crippen molar-refractivity contribution in [3.05, 3.63) is 11.5 Å². The number of carbonyl (C=O) groups excluding carboxylic acids is 1. The third kappa shape index (κ3) is 3.30. The van der Waals surface area contributed by atoms with Gasteiger partial charge in [0, 0.05) is 0 Å². The fraction of sp³-hybridized carbons (Fsp3) is 0.500. The second-order valence-corrected chi connectivity index (χ2v) is 5.36. The van der Waals surface area contributed by atoms with Crippen LogP contribution in [0, 0.1) is 0 Å². The maximum Gasteiger partial charge on any atom is 0.537 e. The quantitative estimate of drug-likeness (QED) is 0.282. The Morgan fingerprint density at radius 2 is 2.18 bits per heavy atom. The van der Waals surface area contributed by atoms with Crippen LogP contribution in [0.1, 0.15) is 0 Å². The molecule has 0 fully saturated rings. The lowest BCUT2D eigenvalue weighted by Gasteiger charge is -2.13. The van der Waals surface area contributed by atoms with Gasteiger partial charge in [-0.2, -0.15) is 0 Å². The van der Waals surface area contributed by atoms with E-state index in [9.17, 15) is 19.6 Å². The molecule has 98 valence electrons. The zero-order valence-corrected chi connectivity index (χ0v) is 11.1. The second-order valence-electron chi connectivity index (χ2n) is 2.92. The van der Waals surface area contributed by atoms with E-state index in [1.807, 2.05) is 0 Å². The van der Waals surface area contributed by atoms with Crippen LogP contribution in [-0.2, 0) is 21.5 Å². The predicted molar refractivity (Wildman–Crippen MR) is 58.6 cm³/mol. The highest BCUT2D eigenvalue weighted by Crippen LogP contribution is 2.49. The van der Waals surface area contributed by atoms with Crippen LogP contribution in [0.25, 0.3) is 0 Å². The standard InChI is InChI=1S/C6H8IO9P/c7-16-17(12,13)15-5-3(10)4(2(9)1-8)14-6(5)11/h2,4,8-10H,1H2,(H,12,13). The molecule has 17 heavy (non-hydrogen) atoms. The van der Waals surface area contributed by atoms with Crippen molar-refractivity contribution in [2.24, 2.45) is 0 Å². The molecule has 9 nitrogen and oxygen atoms in total. The van der Waals surface area contributed by atoms with E-state index >= 15 is 0 Å². The summed E-state index contributed by atoms with van der Waals surface area (Å²) in [5, 5.41) is 27.2. The number of carbonyl (C=O) groups is 1. The Morgan fingerprint density at radius 3 is 2.65 bits per heavy atom. The smallest absolute Gasteiger partial charge is 0.505 e. The lowest BCUT2D eigenvalue weighted by molar-refractivity contribution is -0.147. The van der Waals surface area contributed by atoms with Gasteiger partial charge in [-0.1, -0.05) is 0 Å². The maximum atomic E-state index is 11.2. The van der Waals surface area contributed by atoms with Gasteiger partial charge >= 0.3 is 13.8 Å². The molecular weight excluding hydrogens is 374 g/mol. The number of esters is 1. The minimum atomic E-state index is -4.54. The number of halogens is 1. The van der Waals surface area contributed by atoms with Gasteiger partial charge in [0.25, 0.3) is 5.76 Å². The summed E-state index contributed by atoms with van der Waals surface area (Å²) in [6, 6.07) is 0.